The van der Waals surface area contributed by atoms with Gasteiger partial charge in [-0.05, 0) is 68.4 Å². The van der Waals surface area contributed by atoms with E-state index in [1.54, 1.807) is 12.1 Å². The lowest BCUT2D eigenvalue weighted by Crippen LogP contribution is -2.52. The molecular weight excluding hydrogens is 549 g/mol. The molecule has 3 N–H and O–H groups in total. The van der Waals surface area contributed by atoms with Crippen LogP contribution in [0.25, 0.3) is 10.9 Å². The van der Waals surface area contributed by atoms with Crippen molar-refractivity contribution in [1.82, 2.24) is 15.6 Å². The number of benzene rings is 2. The number of amides is 2. The van der Waals surface area contributed by atoms with Gasteiger partial charge in [0.15, 0.2) is 5.78 Å². The third kappa shape index (κ3) is 7.83. The Morgan fingerprint density at radius 3 is 2.42 bits per heavy atom. The monoisotopic (exact) mass is 587 g/mol. The minimum absolute atomic E-state index is 0.0333. The number of aromatic amines is 1. The van der Waals surface area contributed by atoms with Gasteiger partial charge in [0.05, 0.1) is 11.7 Å². The molecule has 2 aliphatic carbocycles. The van der Waals surface area contributed by atoms with Crippen LogP contribution in [-0.2, 0) is 25.6 Å². The molecule has 8 nitrogen and oxygen atoms in total. The molecule has 1 aromatic heterocycles. The van der Waals surface area contributed by atoms with E-state index in [9.17, 15) is 28.4 Å². The first kappa shape index (κ1) is 30.3. The Labute approximate surface area is 250 Å². The number of rotatable bonds is 12. The molecule has 0 unspecified atom stereocenters. The number of hydrogen-bond acceptors (Lipinski definition) is 5. The van der Waals surface area contributed by atoms with Crippen LogP contribution in [0.15, 0.2) is 54.6 Å². The third-order valence-electron chi connectivity index (χ3n) is 8.76. The molecule has 2 saturated carbocycles. The van der Waals surface area contributed by atoms with Crippen molar-refractivity contribution in [2.45, 2.75) is 82.7 Å². The van der Waals surface area contributed by atoms with Crippen molar-refractivity contribution in [2.24, 2.45) is 11.8 Å². The van der Waals surface area contributed by atoms with Crippen LogP contribution in [0, 0.1) is 17.7 Å². The lowest BCUT2D eigenvalue weighted by atomic mass is 9.90. The molecule has 5 rings (SSSR count). The summed E-state index contributed by atoms with van der Waals surface area (Å²) in [6, 6.07) is 13.7. The second-order valence-corrected chi connectivity index (χ2v) is 12.0. The van der Waals surface area contributed by atoms with Crippen molar-refractivity contribution in [3.05, 3.63) is 71.7 Å². The number of hydrogen-bond donors (Lipinski definition) is 3. The predicted octanol–water partition coefficient (Wildman–Crippen LogP) is 5.00. The van der Waals surface area contributed by atoms with E-state index in [0.717, 1.165) is 37.7 Å². The Hall–Kier alpha value is -4.14. The Kier molecular flexibility index (Phi) is 9.79. The van der Waals surface area contributed by atoms with Crippen molar-refractivity contribution in [3.63, 3.8) is 0 Å². The summed E-state index contributed by atoms with van der Waals surface area (Å²) in [5.74, 6) is -4.02. The summed E-state index contributed by atoms with van der Waals surface area (Å²) < 4.78 is 13.7. The maximum absolute atomic E-state index is 13.8. The summed E-state index contributed by atoms with van der Waals surface area (Å²) in [5.41, 5.74) is 1.69. The summed E-state index contributed by atoms with van der Waals surface area (Å²) in [6.07, 6.45) is 6.53. The molecule has 0 saturated heterocycles. The van der Waals surface area contributed by atoms with Gasteiger partial charge >= 0.3 is 0 Å². The molecule has 0 spiro atoms. The second-order valence-electron chi connectivity index (χ2n) is 12.0. The van der Waals surface area contributed by atoms with Gasteiger partial charge < -0.3 is 15.6 Å². The Bertz CT molecular complexity index is 1490. The lowest BCUT2D eigenvalue weighted by Gasteiger charge is -2.26. The molecule has 0 bridgehead atoms. The van der Waals surface area contributed by atoms with Crippen molar-refractivity contribution in [3.8, 4) is 0 Å². The van der Waals surface area contributed by atoms with Crippen LogP contribution in [-0.4, -0.2) is 46.2 Å². The van der Waals surface area contributed by atoms with Gasteiger partial charge in [0, 0.05) is 41.6 Å². The number of aromatic nitrogens is 1. The Balaban J connectivity index is 1.35. The van der Waals surface area contributed by atoms with Gasteiger partial charge in [0.1, 0.15) is 11.6 Å². The van der Waals surface area contributed by atoms with Crippen molar-refractivity contribution in [2.75, 3.05) is 0 Å². The fourth-order valence-corrected chi connectivity index (χ4v) is 6.35. The number of fused-ring (bicyclic) bond motifs is 1. The normalized spacial score (nSPS) is 18.7. The topological polar surface area (TPSA) is 125 Å². The van der Waals surface area contributed by atoms with E-state index in [0.29, 0.717) is 30.2 Å². The number of carbonyl (C=O) groups is 5. The van der Waals surface area contributed by atoms with Crippen LogP contribution in [0.2, 0.25) is 0 Å². The summed E-state index contributed by atoms with van der Waals surface area (Å²) in [5, 5.41) is 6.16. The molecular formula is C34H38FN3O5. The van der Waals surface area contributed by atoms with Crippen molar-refractivity contribution in [1.29, 1.82) is 0 Å². The number of H-pyrrole nitrogens is 1. The number of carbonyl (C=O) groups excluding carboxylic acids is 5. The van der Waals surface area contributed by atoms with Crippen molar-refractivity contribution < 1.29 is 28.4 Å². The molecule has 2 fully saturated rings. The van der Waals surface area contributed by atoms with Gasteiger partial charge in [-0.2, -0.15) is 0 Å². The van der Waals surface area contributed by atoms with Crippen LogP contribution < -0.4 is 10.6 Å². The molecule has 43 heavy (non-hydrogen) atoms. The third-order valence-corrected chi connectivity index (χ3v) is 8.76. The maximum Gasteiger partial charge on any atom is 0.289 e. The molecule has 1 heterocycles. The summed E-state index contributed by atoms with van der Waals surface area (Å²) in [6.45, 7) is 0. The van der Waals surface area contributed by atoms with E-state index in [-0.39, 0.29) is 42.6 Å². The molecule has 2 aromatic carbocycles. The van der Waals surface area contributed by atoms with Crippen LogP contribution >= 0.6 is 0 Å². The fraction of sp³-hybridized carbons (Fsp3) is 0.441. The van der Waals surface area contributed by atoms with Gasteiger partial charge in [-0.15, -0.1) is 0 Å². The minimum Gasteiger partial charge on any atom is -0.352 e. The van der Waals surface area contributed by atoms with E-state index < -0.39 is 41.3 Å². The molecule has 9 heteroatoms. The van der Waals surface area contributed by atoms with E-state index in [1.165, 1.54) is 12.1 Å². The number of ketones is 3. The first-order valence-corrected chi connectivity index (χ1v) is 15.3. The molecule has 226 valence electrons. The highest BCUT2D eigenvalue weighted by atomic mass is 19.1. The first-order valence-electron chi connectivity index (χ1n) is 15.3. The van der Waals surface area contributed by atoms with Gasteiger partial charge in [-0.3, -0.25) is 24.0 Å². The SMILES string of the molecule is O=C(NC1CCCCC1)C(=O)[C@H](C[C@@H]1CCCC1=O)NC(=O)[C@@H](CC(=O)c1cc2cc(F)ccc2[nH]1)Cc1ccccc1. The maximum atomic E-state index is 13.8. The number of nitrogens with one attached hydrogen (secondary N) is 3. The molecule has 0 aliphatic heterocycles. The van der Waals surface area contributed by atoms with Crippen LogP contribution in [0.1, 0.15) is 80.3 Å². The Morgan fingerprint density at radius 2 is 1.70 bits per heavy atom. The molecule has 3 atom stereocenters. The molecule has 2 aliphatic rings. The average molecular weight is 588 g/mol. The zero-order valence-corrected chi connectivity index (χ0v) is 24.2. The van der Waals surface area contributed by atoms with E-state index >= 15 is 0 Å². The minimum atomic E-state index is -1.17. The second kappa shape index (κ2) is 13.9. The highest BCUT2D eigenvalue weighted by Crippen LogP contribution is 2.27. The summed E-state index contributed by atoms with van der Waals surface area (Å²) in [7, 11) is 0. The largest absolute Gasteiger partial charge is 0.352 e. The zero-order chi connectivity index (χ0) is 30.3. The zero-order valence-electron chi connectivity index (χ0n) is 24.2. The van der Waals surface area contributed by atoms with Gasteiger partial charge in [-0.25, -0.2) is 4.39 Å². The lowest BCUT2D eigenvalue weighted by molar-refractivity contribution is -0.141. The summed E-state index contributed by atoms with van der Waals surface area (Å²) in [4.78, 5) is 69.2. The van der Waals surface area contributed by atoms with E-state index in [1.807, 2.05) is 30.3 Å². The van der Waals surface area contributed by atoms with Crippen LogP contribution in [0.3, 0.4) is 0 Å². The number of Topliss-reactive ketones (excluding diaryl/α,β-unsaturated/α-hetero) is 3. The van der Waals surface area contributed by atoms with Gasteiger partial charge in [0.25, 0.3) is 5.91 Å². The average Bonchev–Trinajstić information content (AvgIpc) is 3.62. The highest BCUT2D eigenvalue weighted by Gasteiger charge is 2.36. The van der Waals surface area contributed by atoms with Gasteiger partial charge in [-0.1, -0.05) is 49.6 Å². The van der Waals surface area contributed by atoms with Crippen LogP contribution in [0.5, 0.6) is 0 Å². The highest BCUT2D eigenvalue weighted by molar-refractivity contribution is 6.38. The summed E-state index contributed by atoms with van der Waals surface area (Å²) >= 11 is 0. The molecule has 2 amide bonds. The van der Waals surface area contributed by atoms with Crippen LogP contribution in [0.4, 0.5) is 4.39 Å². The van der Waals surface area contributed by atoms with E-state index in [4.69, 9.17) is 0 Å². The predicted molar refractivity (Wildman–Crippen MR) is 160 cm³/mol. The van der Waals surface area contributed by atoms with Crippen molar-refractivity contribution >= 4 is 40.1 Å². The Morgan fingerprint density at radius 1 is 0.930 bits per heavy atom. The van der Waals surface area contributed by atoms with Gasteiger partial charge in [0.2, 0.25) is 11.7 Å². The first-order chi connectivity index (χ1) is 20.8. The molecule has 3 aromatic rings. The molecule has 0 radical (unpaired) electrons. The number of halogens is 1. The standard InChI is InChI=1S/C34H38FN3O5/c35-25-14-15-27-23(17-25)19-28(37-27)31(40)20-24(16-21-8-3-1-4-9-21)33(42)38-29(18-22-10-7-13-30(22)39)32(41)34(43)36-26-11-5-2-6-12-26/h1,3-4,8-9,14-15,17,19,22,24,26,29,37H,2,5-7,10-13,16,18,20H2,(H,36,43)(H,38,42)/t22-,24+,29-/m0/s1. The van der Waals surface area contributed by atoms with E-state index in [2.05, 4.69) is 15.6 Å². The smallest absolute Gasteiger partial charge is 0.289 e. The fourth-order valence-electron chi connectivity index (χ4n) is 6.35. The quantitative estimate of drug-likeness (QED) is 0.203.